The lowest BCUT2D eigenvalue weighted by atomic mass is 10.4. The summed E-state index contributed by atoms with van der Waals surface area (Å²) in [6.45, 7) is 0. The minimum atomic E-state index is -3.59. The molecule has 0 N–H and O–H groups in total. The third-order valence-electron chi connectivity index (χ3n) is 1.73. The van der Waals surface area contributed by atoms with E-state index in [4.69, 9.17) is 16.9 Å². The first kappa shape index (κ1) is 11.0. The molecule has 0 fully saturated rings. The Hall–Kier alpha value is -1.05. The largest absolute Gasteiger partial charge is 0.222 e. The van der Waals surface area contributed by atoms with Gasteiger partial charge in [-0.2, -0.15) is 5.26 Å². The van der Waals surface area contributed by atoms with Crippen LogP contribution in [0.1, 0.15) is 0 Å². The van der Waals surface area contributed by atoms with Crippen LogP contribution in [0.25, 0.3) is 0 Å². The van der Waals surface area contributed by atoms with Gasteiger partial charge in [-0.1, -0.05) is 18.2 Å². The fourth-order valence-corrected chi connectivity index (χ4v) is 2.70. The molecule has 0 amide bonds. The van der Waals surface area contributed by atoms with Gasteiger partial charge in [0, 0.05) is 0 Å². The molecule has 1 aromatic rings. The summed E-state index contributed by atoms with van der Waals surface area (Å²) in [4.78, 5) is 0.132. The number of hydrogen-bond donors (Lipinski definition) is 0. The Kier molecular flexibility index (Phi) is 3.50. The highest BCUT2D eigenvalue weighted by Crippen LogP contribution is 2.15. The second kappa shape index (κ2) is 4.45. The number of benzene rings is 1. The minimum Gasteiger partial charge on any atom is -0.222 e. The molecule has 0 aliphatic heterocycles. The summed E-state index contributed by atoms with van der Waals surface area (Å²) in [6.07, 6.45) is 0. The molecule has 0 bridgehead atoms. The molecular weight excluding hydrogens is 222 g/mol. The molecule has 0 aromatic heterocycles. The fourth-order valence-electron chi connectivity index (χ4n) is 0.961. The summed E-state index contributed by atoms with van der Waals surface area (Å²) >= 11 is 5.40. The van der Waals surface area contributed by atoms with E-state index in [1.165, 1.54) is 12.1 Å². The van der Waals surface area contributed by atoms with Crippen molar-refractivity contribution in [3.63, 3.8) is 0 Å². The fraction of sp³-hybridized carbons (Fsp3) is 0.222. The minimum absolute atomic E-state index is 0.132. The van der Waals surface area contributed by atoms with Crippen LogP contribution in [0.2, 0.25) is 0 Å². The van der Waals surface area contributed by atoms with E-state index >= 15 is 0 Å². The monoisotopic (exact) mass is 229 g/mol. The van der Waals surface area contributed by atoms with Crippen molar-refractivity contribution in [1.82, 2.24) is 0 Å². The second-order valence-corrected chi connectivity index (χ2v) is 5.07. The number of nitriles is 1. The maximum absolute atomic E-state index is 11.7. The van der Waals surface area contributed by atoms with E-state index in [-0.39, 0.29) is 10.8 Å². The van der Waals surface area contributed by atoms with E-state index in [0.717, 1.165) is 0 Å². The molecule has 1 rings (SSSR count). The molecule has 74 valence electrons. The maximum atomic E-state index is 11.7. The summed E-state index contributed by atoms with van der Waals surface area (Å²) in [5, 5.41) is 7.43. The van der Waals surface area contributed by atoms with Gasteiger partial charge in [0.05, 0.1) is 16.8 Å². The van der Waals surface area contributed by atoms with Crippen molar-refractivity contribution in [2.45, 2.75) is 10.1 Å². The normalized spacial score (nSPS) is 13.1. The summed E-state index contributed by atoms with van der Waals surface area (Å²) in [7, 11) is -3.59. The van der Waals surface area contributed by atoms with Gasteiger partial charge in [-0.15, -0.1) is 11.6 Å². The van der Waals surface area contributed by atoms with Gasteiger partial charge in [0.2, 0.25) is 0 Å². The van der Waals surface area contributed by atoms with Gasteiger partial charge in [0.1, 0.15) is 0 Å². The molecule has 0 aliphatic carbocycles. The first-order chi connectivity index (χ1) is 6.62. The zero-order valence-corrected chi connectivity index (χ0v) is 8.79. The average Bonchev–Trinajstić information content (AvgIpc) is 2.20. The third-order valence-corrected chi connectivity index (χ3v) is 4.17. The van der Waals surface area contributed by atoms with Crippen molar-refractivity contribution in [2.24, 2.45) is 0 Å². The second-order valence-electron chi connectivity index (χ2n) is 2.63. The van der Waals surface area contributed by atoms with Crippen LogP contribution in [0.15, 0.2) is 35.2 Å². The average molecular weight is 230 g/mol. The van der Waals surface area contributed by atoms with Crippen molar-refractivity contribution in [3.8, 4) is 6.07 Å². The Balaban J connectivity index is 3.17. The number of hydrogen-bond acceptors (Lipinski definition) is 3. The highest BCUT2D eigenvalue weighted by atomic mass is 35.5. The Morgan fingerprint density at radius 1 is 1.36 bits per heavy atom. The third kappa shape index (κ3) is 2.06. The Morgan fingerprint density at radius 2 is 1.93 bits per heavy atom. The summed E-state index contributed by atoms with van der Waals surface area (Å²) < 4.78 is 23.4. The van der Waals surface area contributed by atoms with Crippen LogP contribution in [-0.2, 0) is 9.84 Å². The van der Waals surface area contributed by atoms with Crippen molar-refractivity contribution < 1.29 is 8.42 Å². The van der Waals surface area contributed by atoms with Crippen molar-refractivity contribution in [3.05, 3.63) is 30.3 Å². The van der Waals surface area contributed by atoms with E-state index in [2.05, 4.69) is 0 Å². The molecular formula is C9H8ClNO2S. The van der Waals surface area contributed by atoms with Crippen LogP contribution >= 0.6 is 11.6 Å². The van der Waals surface area contributed by atoms with E-state index in [1.54, 1.807) is 24.3 Å². The smallest absolute Gasteiger partial charge is 0.195 e. The van der Waals surface area contributed by atoms with Crippen molar-refractivity contribution in [2.75, 3.05) is 5.88 Å². The zero-order chi connectivity index (χ0) is 10.6. The van der Waals surface area contributed by atoms with Crippen LogP contribution in [0.4, 0.5) is 0 Å². The first-order valence-corrected chi connectivity index (χ1v) is 5.95. The van der Waals surface area contributed by atoms with Gasteiger partial charge in [0.15, 0.2) is 15.1 Å². The van der Waals surface area contributed by atoms with Gasteiger partial charge in [-0.3, -0.25) is 0 Å². The van der Waals surface area contributed by atoms with Crippen LogP contribution in [-0.4, -0.2) is 19.5 Å². The predicted molar refractivity (Wildman–Crippen MR) is 53.7 cm³/mol. The first-order valence-electron chi connectivity index (χ1n) is 3.87. The molecule has 0 heterocycles. The van der Waals surface area contributed by atoms with Crippen molar-refractivity contribution >= 4 is 21.4 Å². The van der Waals surface area contributed by atoms with Crippen molar-refractivity contribution in [1.29, 1.82) is 5.26 Å². The lowest BCUT2D eigenvalue weighted by Gasteiger charge is -2.06. The van der Waals surface area contributed by atoms with Crippen LogP contribution in [0, 0.1) is 11.3 Å². The molecule has 0 saturated carbocycles. The molecule has 0 radical (unpaired) electrons. The van der Waals surface area contributed by atoms with Gasteiger partial charge >= 0.3 is 0 Å². The molecule has 0 saturated heterocycles. The van der Waals surface area contributed by atoms with E-state index in [0.29, 0.717) is 0 Å². The van der Waals surface area contributed by atoms with E-state index in [9.17, 15) is 8.42 Å². The topological polar surface area (TPSA) is 57.9 Å². The molecule has 1 atom stereocenters. The lowest BCUT2D eigenvalue weighted by Crippen LogP contribution is -2.21. The molecule has 0 aliphatic rings. The van der Waals surface area contributed by atoms with Gasteiger partial charge in [-0.25, -0.2) is 8.42 Å². The Labute approximate surface area is 87.8 Å². The highest BCUT2D eigenvalue weighted by molar-refractivity contribution is 7.92. The number of sulfone groups is 1. The number of alkyl halides is 1. The lowest BCUT2D eigenvalue weighted by molar-refractivity contribution is 0.592. The molecule has 3 nitrogen and oxygen atoms in total. The zero-order valence-electron chi connectivity index (χ0n) is 7.22. The molecule has 0 spiro atoms. The Morgan fingerprint density at radius 3 is 2.36 bits per heavy atom. The quantitative estimate of drug-likeness (QED) is 0.740. The number of rotatable bonds is 3. The molecule has 5 heteroatoms. The number of nitrogens with zero attached hydrogens (tertiary/aromatic N) is 1. The Bertz CT molecular complexity index is 436. The SMILES string of the molecule is N#CC(CCl)S(=O)(=O)c1ccccc1. The van der Waals surface area contributed by atoms with Gasteiger partial charge < -0.3 is 0 Å². The summed E-state index contributed by atoms with van der Waals surface area (Å²) in [5.74, 6) is -0.215. The van der Waals surface area contributed by atoms with Gasteiger partial charge in [-0.05, 0) is 12.1 Å². The van der Waals surface area contributed by atoms with Gasteiger partial charge in [0.25, 0.3) is 0 Å². The van der Waals surface area contributed by atoms with E-state index < -0.39 is 15.1 Å². The van der Waals surface area contributed by atoms with Crippen LogP contribution < -0.4 is 0 Å². The molecule has 14 heavy (non-hydrogen) atoms. The van der Waals surface area contributed by atoms with E-state index in [1.807, 2.05) is 0 Å². The molecule has 1 unspecified atom stereocenters. The number of halogens is 1. The standard InChI is InChI=1S/C9H8ClNO2S/c10-6-9(7-11)14(12,13)8-4-2-1-3-5-8/h1-5,9H,6H2. The summed E-state index contributed by atoms with van der Waals surface area (Å²) in [6, 6.07) is 9.49. The van der Waals surface area contributed by atoms with Crippen LogP contribution in [0.5, 0.6) is 0 Å². The maximum Gasteiger partial charge on any atom is 0.195 e. The predicted octanol–water partition coefficient (Wildman–Crippen LogP) is 1.59. The highest BCUT2D eigenvalue weighted by Gasteiger charge is 2.25. The summed E-state index contributed by atoms with van der Waals surface area (Å²) in [5.41, 5.74) is 0. The molecule has 1 aromatic carbocycles. The van der Waals surface area contributed by atoms with Crippen LogP contribution in [0.3, 0.4) is 0 Å².